The lowest BCUT2D eigenvalue weighted by molar-refractivity contribution is 0.201. The van der Waals surface area contributed by atoms with Gasteiger partial charge in [0.25, 0.3) is 0 Å². The highest BCUT2D eigenvalue weighted by atomic mass is 16.2. The van der Waals surface area contributed by atoms with E-state index in [4.69, 9.17) is 5.73 Å². The minimum absolute atomic E-state index is 0.0922. The minimum Gasteiger partial charge on any atom is -0.336 e. The zero-order valence-corrected chi connectivity index (χ0v) is 11.1. The van der Waals surface area contributed by atoms with Gasteiger partial charge in [0.15, 0.2) is 0 Å². The lowest BCUT2D eigenvalue weighted by Gasteiger charge is -2.23. The zero-order chi connectivity index (χ0) is 12.8. The van der Waals surface area contributed by atoms with Crippen molar-refractivity contribution in [2.75, 3.05) is 65.4 Å². The molecule has 2 rings (SSSR count). The Morgan fingerprint density at radius 3 is 2.33 bits per heavy atom. The molecular formula is C12H25N5O. The summed E-state index contributed by atoms with van der Waals surface area (Å²) in [7, 11) is 0. The summed E-state index contributed by atoms with van der Waals surface area (Å²) < 4.78 is 0. The lowest BCUT2D eigenvalue weighted by atomic mass is 10.3. The van der Waals surface area contributed by atoms with Crippen molar-refractivity contribution in [3.05, 3.63) is 0 Å². The Balaban J connectivity index is 1.68. The number of amides is 2. The molecule has 6 nitrogen and oxygen atoms in total. The number of hydrogen-bond donors (Lipinski definition) is 2. The van der Waals surface area contributed by atoms with Gasteiger partial charge in [-0.3, -0.25) is 0 Å². The van der Waals surface area contributed by atoms with Crippen LogP contribution in [0.1, 0.15) is 6.42 Å². The standard InChI is InChI=1S/C12H25N5O/c13-2-6-15-4-1-5-16(9-8-15)10-11-17-7-3-14-12(17)18/h1-11,13H2,(H,14,18). The summed E-state index contributed by atoms with van der Waals surface area (Å²) in [6.07, 6.45) is 1.20. The molecule has 2 heterocycles. The molecule has 0 aromatic carbocycles. The average Bonchev–Trinajstić information content (AvgIpc) is 2.63. The van der Waals surface area contributed by atoms with Crippen LogP contribution in [0.2, 0.25) is 0 Å². The first kappa shape index (κ1) is 13.6. The normalized spacial score (nSPS) is 23.2. The summed E-state index contributed by atoms with van der Waals surface area (Å²) in [5.41, 5.74) is 5.60. The van der Waals surface area contributed by atoms with Gasteiger partial charge >= 0.3 is 6.03 Å². The molecule has 0 atom stereocenters. The molecule has 0 aromatic rings. The van der Waals surface area contributed by atoms with E-state index in [1.807, 2.05) is 4.90 Å². The fourth-order valence-electron chi connectivity index (χ4n) is 2.64. The van der Waals surface area contributed by atoms with Gasteiger partial charge in [-0.05, 0) is 19.5 Å². The molecule has 104 valence electrons. The van der Waals surface area contributed by atoms with Gasteiger partial charge < -0.3 is 25.8 Å². The summed E-state index contributed by atoms with van der Waals surface area (Å²) in [5, 5.41) is 2.84. The maximum Gasteiger partial charge on any atom is 0.317 e. The maximum absolute atomic E-state index is 11.4. The number of nitrogens with two attached hydrogens (primary N) is 1. The van der Waals surface area contributed by atoms with E-state index in [1.54, 1.807) is 0 Å². The van der Waals surface area contributed by atoms with Crippen LogP contribution in [0.4, 0.5) is 4.79 Å². The molecule has 2 aliphatic heterocycles. The lowest BCUT2D eigenvalue weighted by Crippen LogP contribution is -2.39. The van der Waals surface area contributed by atoms with Crippen LogP contribution in [0, 0.1) is 0 Å². The van der Waals surface area contributed by atoms with Crippen LogP contribution in [0.3, 0.4) is 0 Å². The number of carbonyl (C=O) groups excluding carboxylic acids is 1. The van der Waals surface area contributed by atoms with Crippen LogP contribution >= 0.6 is 0 Å². The molecule has 0 unspecified atom stereocenters. The average molecular weight is 255 g/mol. The van der Waals surface area contributed by atoms with Gasteiger partial charge in [-0.25, -0.2) is 4.79 Å². The van der Waals surface area contributed by atoms with Gasteiger partial charge in [0.1, 0.15) is 0 Å². The van der Waals surface area contributed by atoms with Crippen molar-refractivity contribution in [1.29, 1.82) is 0 Å². The second-order valence-electron chi connectivity index (χ2n) is 5.04. The monoisotopic (exact) mass is 255 g/mol. The Morgan fingerprint density at radius 2 is 1.72 bits per heavy atom. The number of urea groups is 1. The number of nitrogens with one attached hydrogen (secondary N) is 1. The van der Waals surface area contributed by atoms with Crippen LogP contribution in [0.25, 0.3) is 0 Å². The number of carbonyl (C=O) groups is 1. The Morgan fingerprint density at radius 1 is 1.00 bits per heavy atom. The Bertz CT molecular complexity index is 273. The summed E-state index contributed by atoms with van der Waals surface area (Å²) in [4.78, 5) is 18.2. The van der Waals surface area contributed by atoms with Crippen LogP contribution < -0.4 is 11.1 Å². The molecule has 2 saturated heterocycles. The summed E-state index contributed by atoms with van der Waals surface area (Å²) >= 11 is 0. The third-order valence-electron chi connectivity index (χ3n) is 3.76. The number of rotatable bonds is 5. The highest BCUT2D eigenvalue weighted by Crippen LogP contribution is 2.04. The molecule has 2 aliphatic rings. The molecule has 0 aliphatic carbocycles. The van der Waals surface area contributed by atoms with Crippen molar-refractivity contribution >= 4 is 6.03 Å². The van der Waals surface area contributed by atoms with E-state index in [0.29, 0.717) is 0 Å². The Labute approximate surface area is 109 Å². The van der Waals surface area contributed by atoms with Crippen molar-refractivity contribution < 1.29 is 4.79 Å². The molecule has 2 amide bonds. The van der Waals surface area contributed by atoms with Crippen LogP contribution in [-0.4, -0.2) is 86.2 Å². The van der Waals surface area contributed by atoms with Crippen molar-refractivity contribution in [3.8, 4) is 0 Å². The Kier molecular flexibility index (Phi) is 5.22. The van der Waals surface area contributed by atoms with E-state index in [0.717, 1.165) is 65.4 Å². The van der Waals surface area contributed by atoms with Gasteiger partial charge in [0, 0.05) is 52.4 Å². The zero-order valence-electron chi connectivity index (χ0n) is 11.1. The second-order valence-corrected chi connectivity index (χ2v) is 5.04. The Hall–Kier alpha value is -0.850. The topological polar surface area (TPSA) is 64.8 Å². The molecule has 2 fully saturated rings. The van der Waals surface area contributed by atoms with Gasteiger partial charge in [-0.2, -0.15) is 0 Å². The van der Waals surface area contributed by atoms with Gasteiger partial charge in [-0.15, -0.1) is 0 Å². The minimum atomic E-state index is 0.0922. The van der Waals surface area contributed by atoms with Crippen LogP contribution in [-0.2, 0) is 0 Å². The van der Waals surface area contributed by atoms with E-state index < -0.39 is 0 Å². The first-order valence-corrected chi connectivity index (χ1v) is 6.97. The van der Waals surface area contributed by atoms with E-state index in [-0.39, 0.29) is 6.03 Å². The summed E-state index contributed by atoms with van der Waals surface area (Å²) in [6, 6.07) is 0.0922. The highest BCUT2D eigenvalue weighted by molar-refractivity contribution is 5.76. The number of hydrogen-bond acceptors (Lipinski definition) is 4. The molecule has 3 N–H and O–H groups in total. The quantitative estimate of drug-likeness (QED) is 0.660. The fraction of sp³-hybridized carbons (Fsp3) is 0.917. The maximum atomic E-state index is 11.4. The first-order valence-electron chi connectivity index (χ1n) is 6.97. The molecular weight excluding hydrogens is 230 g/mol. The molecule has 6 heteroatoms. The van der Waals surface area contributed by atoms with Gasteiger partial charge in [-0.1, -0.05) is 0 Å². The van der Waals surface area contributed by atoms with E-state index >= 15 is 0 Å². The fourth-order valence-corrected chi connectivity index (χ4v) is 2.64. The SMILES string of the molecule is NCCN1CCCN(CCN2CCNC2=O)CC1. The molecule has 0 bridgehead atoms. The summed E-state index contributed by atoms with van der Waals surface area (Å²) in [5.74, 6) is 0. The third kappa shape index (κ3) is 3.83. The van der Waals surface area contributed by atoms with Crippen molar-refractivity contribution in [2.45, 2.75) is 6.42 Å². The highest BCUT2D eigenvalue weighted by Gasteiger charge is 2.20. The smallest absolute Gasteiger partial charge is 0.317 e. The van der Waals surface area contributed by atoms with E-state index in [9.17, 15) is 4.79 Å². The van der Waals surface area contributed by atoms with Gasteiger partial charge in [0.05, 0.1) is 0 Å². The predicted molar refractivity (Wildman–Crippen MR) is 71.5 cm³/mol. The number of nitrogens with zero attached hydrogens (tertiary/aromatic N) is 3. The van der Waals surface area contributed by atoms with E-state index in [1.165, 1.54) is 6.42 Å². The predicted octanol–water partition coefficient (Wildman–Crippen LogP) is -1.02. The van der Waals surface area contributed by atoms with Gasteiger partial charge in [0.2, 0.25) is 0 Å². The van der Waals surface area contributed by atoms with Crippen molar-refractivity contribution in [3.63, 3.8) is 0 Å². The van der Waals surface area contributed by atoms with Crippen molar-refractivity contribution in [2.24, 2.45) is 5.73 Å². The molecule has 0 saturated carbocycles. The van der Waals surface area contributed by atoms with Crippen LogP contribution in [0.15, 0.2) is 0 Å². The molecule has 0 spiro atoms. The van der Waals surface area contributed by atoms with Crippen molar-refractivity contribution in [1.82, 2.24) is 20.0 Å². The largest absolute Gasteiger partial charge is 0.336 e. The van der Waals surface area contributed by atoms with Crippen LogP contribution in [0.5, 0.6) is 0 Å². The second kappa shape index (κ2) is 6.92. The van der Waals surface area contributed by atoms with E-state index in [2.05, 4.69) is 15.1 Å². The third-order valence-corrected chi connectivity index (χ3v) is 3.76. The summed E-state index contributed by atoms with van der Waals surface area (Å²) in [6.45, 7) is 9.71. The molecule has 18 heavy (non-hydrogen) atoms. The first-order chi connectivity index (χ1) is 8.79. The molecule has 0 radical (unpaired) electrons. The molecule has 0 aromatic heterocycles.